The standard InChI is InChI=1S/C37H77N9O14/c1-16-8-20(41)32(59-36-24(43)30(53)28(51)22(10-38)57-36)34(26(16)49)55-14-17(47)12-45(2)6-4-5-7-46(3)13-18(48)15-56-35-27(50)19(40)9-21(42)33(35)60-37-25(44)31(54)29(52)23(11-39)58-37/h16-37,47-54H,4-15,38-44H2,1-3H3. The second-order valence-electron chi connectivity index (χ2n) is 17.4. The Balaban J connectivity index is 1.18. The van der Waals surface area contributed by atoms with Gasteiger partial charge >= 0.3 is 0 Å². The average Bonchev–Trinajstić information content (AvgIpc) is 3.20. The topological polar surface area (TPSA) is 406 Å². The Morgan fingerprint density at radius 1 is 0.567 bits per heavy atom. The summed E-state index contributed by atoms with van der Waals surface area (Å²) in [4.78, 5) is 3.90. The lowest BCUT2D eigenvalue weighted by Crippen LogP contribution is -2.68. The molecule has 2 saturated carbocycles. The van der Waals surface area contributed by atoms with Gasteiger partial charge in [0.15, 0.2) is 12.6 Å². The van der Waals surface area contributed by atoms with Gasteiger partial charge in [0.1, 0.15) is 61.0 Å². The molecule has 0 amide bonds. The van der Waals surface area contributed by atoms with E-state index in [4.69, 9.17) is 68.6 Å². The van der Waals surface area contributed by atoms with E-state index in [0.717, 1.165) is 12.8 Å². The third kappa shape index (κ3) is 13.3. The summed E-state index contributed by atoms with van der Waals surface area (Å²) in [7, 11) is 3.73. The van der Waals surface area contributed by atoms with Gasteiger partial charge in [-0.2, -0.15) is 0 Å². The second-order valence-corrected chi connectivity index (χ2v) is 17.4. The molecular formula is C37H77N9O14. The maximum absolute atomic E-state index is 11.1. The van der Waals surface area contributed by atoms with Crippen molar-refractivity contribution in [1.82, 2.24) is 9.80 Å². The van der Waals surface area contributed by atoms with E-state index in [0.29, 0.717) is 19.5 Å². The number of rotatable bonds is 21. The molecule has 4 rings (SSSR count). The van der Waals surface area contributed by atoms with E-state index < -0.39 is 128 Å². The normalized spacial score (nSPS) is 44.0. The van der Waals surface area contributed by atoms with Crippen LogP contribution in [-0.2, 0) is 28.4 Å². The number of hydrogen-bond acceptors (Lipinski definition) is 23. The molecule has 354 valence electrons. The number of ether oxygens (including phenoxy) is 6. The summed E-state index contributed by atoms with van der Waals surface area (Å²) in [5.74, 6) is -0.225. The SMILES string of the molecule is CC1CC(N)C(OC2OC(CN)C(O)C(O)C2N)C(OCC(O)CN(C)CCCCN(C)CC(O)COC2C(O)C(N)CC(N)C2OC2OC(CN)C(O)C(O)C2N)C1O. The number of nitrogens with two attached hydrogens (primary N) is 7. The van der Waals surface area contributed by atoms with Crippen LogP contribution in [0.1, 0.15) is 32.6 Å². The zero-order chi connectivity index (χ0) is 44.6. The van der Waals surface area contributed by atoms with Gasteiger partial charge in [0.25, 0.3) is 0 Å². The summed E-state index contributed by atoms with van der Waals surface area (Å²) in [5, 5.41) is 85.0. The molecule has 0 aromatic heterocycles. The predicted octanol–water partition coefficient (Wildman–Crippen LogP) is -8.49. The van der Waals surface area contributed by atoms with E-state index in [-0.39, 0.29) is 51.7 Å². The van der Waals surface area contributed by atoms with Crippen molar-refractivity contribution in [3.8, 4) is 0 Å². The molecule has 22 atom stereocenters. The van der Waals surface area contributed by atoms with Crippen LogP contribution in [0.5, 0.6) is 0 Å². The minimum atomic E-state index is -1.38. The first kappa shape index (κ1) is 51.7. The molecule has 0 bridgehead atoms. The fraction of sp³-hybridized carbons (Fsp3) is 1.00. The molecule has 4 fully saturated rings. The van der Waals surface area contributed by atoms with Crippen LogP contribution in [0.4, 0.5) is 0 Å². The quantitative estimate of drug-likeness (QED) is 0.0476. The van der Waals surface area contributed by atoms with Crippen LogP contribution in [0.25, 0.3) is 0 Å². The Bertz CT molecular complexity index is 1150. The van der Waals surface area contributed by atoms with Crippen LogP contribution >= 0.6 is 0 Å². The van der Waals surface area contributed by atoms with Gasteiger partial charge in [-0.05, 0) is 58.8 Å². The first-order valence-electron chi connectivity index (χ1n) is 21.1. The summed E-state index contributed by atoms with van der Waals surface area (Å²) in [6.07, 6.45) is -15.2. The van der Waals surface area contributed by atoms with Crippen molar-refractivity contribution < 1.29 is 69.3 Å². The average molecular weight is 872 g/mol. The molecular weight excluding hydrogens is 794 g/mol. The zero-order valence-electron chi connectivity index (χ0n) is 35.2. The van der Waals surface area contributed by atoms with Crippen molar-refractivity contribution in [1.29, 1.82) is 0 Å². The predicted molar refractivity (Wildman–Crippen MR) is 215 cm³/mol. The first-order chi connectivity index (χ1) is 28.3. The fourth-order valence-electron chi connectivity index (χ4n) is 8.54. The van der Waals surface area contributed by atoms with Crippen LogP contribution in [0.2, 0.25) is 0 Å². The smallest absolute Gasteiger partial charge is 0.176 e. The summed E-state index contributed by atoms with van der Waals surface area (Å²) < 4.78 is 35.6. The molecule has 22 unspecified atom stereocenters. The van der Waals surface area contributed by atoms with Gasteiger partial charge < -0.3 is 119 Å². The Morgan fingerprint density at radius 2 is 0.967 bits per heavy atom. The van der Waals surface area contributed by atoms with E-state index in [1.54, 1.807) is 0 Å². The zero-order valence-corrected chi connectivity index (χ0v) is 35.2. The molecule has 2 aliphatic carbocycles. The maximum atomic E-state index is 11.1. The highest BCUT2D eigenvalue weighted by molar-refractivity contribution is 5.01. The molecule has 0 aromatic carbocycles. The molecule has 2 aliphatic heterocycles. The Morgan fingerprint density at radius 3 is 1.38 bits per heavy atom. The highest BCUT2D eigenvalue weighted by Gasteiger charge is 2.50. The van der Waals surface area contributed by atoms with Crippen LogP contribution in [0.3, 0.4) is 0 Å². The molecule has 23 heteroatoms. The highest BCUT2D eigenvalue weighted by atomic mass is 16.7. The lowest BCUT2D eigenvalue weighted by molar-refractivity contribution is -0.293. The van der Waals surface area contributed by atoms with Crippen molar-refractivity contribution in [3.63, 3.8) is 0 Å². The number of nitrogens with zero attached hydrogens (tertiary/aromatic N) is 2. The molecule has 2 heterocycles. The van der Waals surface area contributed by atoms with E-state index in [9.17, 15) is 40.9 Å². The molecule has 23 nitrogen and oxygen atoms in total. The van der Waals surface area contributed by atoms with E-state index in [1.807, 2.05) is 30.8 Å². The van der Waals surface area contributed by atoms with Gasteiger partial charge in [-0.25, -0.2) is 0 Å². The summed E-state index contributed by atoms with van der Waals surface area (Å²) >= 11 is 0. The number of hydrogen-bond donors (Lipinski definition) is 15. The summed E-state index contributed by atoms with van der Waals surface area (Å²) in [6.45, 7) is 3.20. The van der Waals surface area contributed by atoms with Crippen molar-refractivity contribution in [3.05, 3.63) is 0 Å². The number of likely N-dealkylation sites (N-methyl/N-ethyl adjacent to an activating group) is 2. The van der Waals surface area contributed by atoms with Gasteiger partial charge in [-0.3, -0.25) is 0 Å². The van der Waals surface area contributed by atoms with E-state index >= 15 is 0 Å². The molecule has 4 aliphatic rings. The largest absolute Gasteiger partial charge is 0.390 e. The lowest BCUT2D eigenvalue weighted by Gasteiger charge is -2.47. The molecule has 60 heavy (non-hydrogen) atoms. The van der Waals surface area contributed by atoms with Crippen LogP contribution < -0.4 is 40.1 Å². The lowest BCUT2D eigenvalue weighted by atomic mass is 9.80. The number of aliphatic hydroxyl groups is 8. The van der Waals surface area contributed by atoms with Crippen molar-refractivity contribution in [2.45, 2.75) is 161 Å². The van der Waals surface area contributed by atoms with Crippen LogP contribution in [-0.4, -0.2) is 245 Å². The van der Waals surface area contributed by atoms with Crippen molar-refractivity contribution in [2.24, 2.45) is 46.1 Å². The third-order valence-corrected chi connectivity index (χ3v) is 12.3. The maximum Gasteiger partial charge on any atom is 0.176 e. The Kier molecular flexibility index (Phi) is 20.6. The van der Waals surface area contributed by atoms with Gasteiger partial charge in [0.05, 0.1) is 49.7 Å². The molecule has 0 spiro atoms. The molecule has 0 aromatic rings. The van der Waals surface area contributed by atoms with E-state index in [1.165, 1.54) is 0 Å². The third-order valence-electron chi connectivity index (χ3n) is 12.3. The van der Waals surface area contributed by atoms with Gasteiger partial charge in [0.2, 0.25) is 0 Å². The van der Waals surface area contributed by atoms with Crippen molar-refractivity contribution >= 4 is 0 Å². The minimum Gasteiger partial charge on any atom is -0.390 e. The van der Waals surface area contributed by atoms with Gasteiger partial charge in [-0.1, -0.05) is 6.92 Å². The highest BCUT2D eigenvalue weighted by Crippen LogP contribution is 2.32. The van der Waals surface area contributed by atoms with Crippen molar-refractivity contribution in [2.75, 3.05) is 66.6 Å². The Hall–Kier alpha value is -0.920. The molecule has 2 saturated heterocycles. The Labute approximate surface area is 352 Å². The monoisotopic (exact) mass is 872 g/mol. The van der Waals surface area contributed by atoms with E-state index in [2.05, 4.69) is 0 Å². The minimum absolute atomic E-state index is 0.0826. The van der Waals surface area contributed by atoms with Gasteiger partial charge in [-0.15, -0.1) is 0 Å². The molecule has 0 radical (unpaired) electrons. The van der Waals surface area contributed by atoms with Crippen LogP contribution in [0, 0.1) is 5.92 Å². The second kappa shape index (κ2) is 23.8. The van der Waals surface area contributed by atoms with Crippen LogP contribution in [0.15, 0.2) is 0 Å². The number of unbranched alkanes of at least 4 members (excludes halogenated alkanes) is 1. The molecule has 22 N–H and O–H groups in total. The first-order valence-corrected chi connectivity index (χ1v) is 21.1. The fourth-order valence-corrected chi connectivity index (χ4v) is 8.54. The van der Waals surface area contributed by atoms with Gasteiger partial charge in [0, 0.05) is 44.3 Å². The summed E-state index contributed by atoms with van der Waals surface area (Å²) in [6, 6.07) is -4.24. The number of aliphatic hydroxyl groups excluding tert-OH is 8. The summed E-state index contributed by atoms with van der Waals surface area (Å²) in [5.41, 5.74) is 42.5.